The minimum absolute atomic E-state index is 0.854. The number of rotatable bonds is 4. The van der Waals surface area contributed by atoms with E-state index in [0.717, 1.165) is 23.7 Å². The summed E-state index contributed by atoms with van der Waals surface area (Å²) < 4.78 is 9.37. The quantitative estimate of drug-likeness (QED) is 0.492. The maximum absolute atomic E-state index is 11.4. The lowest BCUT2D eigenvalue weighted by atomic mass is 10.2. The van der Waals surface area contributed by atoms with Crippen molar-refractivity contribution < 1.29 is 19.1 Å². The molecule has 4 heteroatoms. The van der Waals surface area contributed by atoms with Gasteiger partial charge in [0, 0.05) is 0 Å². The van der Waals surface area contributed by atoms with Crippen LogP contribution in [-0.2, 0) is 19.1 Å². The molecule has 2 aromatic rings. The molecule has 22 heavy (non-hydrogen) atoms. The molecular formula is C18H14O4. The molecule has 0 aliphatic carbocycles. The molecule has 0 aliphatic heterocycles. The Balaban J connectivity index is 1.79. The number of hydrogen-bond donors (Lipinski definition) is 0. The number of carbonyl (C=O) groups is 2. The van der Waals surface area contributed by atoms with E-state index in [2.05, 4.69) is 9.47 Å². The highest BCUT2D eigenvalue weighted by Gasteiger charge is 2.14. The van der Waals surface area contributed by atoms with Crippen LogP contribution in [0.25, 0.3) is 12.2 Å². The molecule has 0 fully saturated rings. The van der Waals surface area contributed by atoms with Crippen LogP contribution in [0.15, 0.2) is 73.2 Å². The zero-order valence-electron chi connectivity index (χ0n) is 11.7. The first-order valence-electron chi connectivity index (χ1n) is 6.60. The van der Waals surface area contributed by atoms with Gasteiger partial charge >= 0.3 is 11.9 Å². The minimum Gasteiger partial charge on any atom is -0.426 e. The lowest BCUT2D eigenvalue weighted by Crippen LogP contribution is -2.15. The highest BCUT2D eigenvalue weighted by molar-refractivity contribution is 6.30. The second-order valence-electron chi connectivity index (χ2n) is 4.24. The number of carbonyl (C=O) groups excluding carboxylic acids is 2. The third kappa shape index (κ3) is 5.09. The van der Waals surface area contributed by atoms with E-state index in [1.165, 1.54) is 0 Å². The number of hydrogen-bond acceptors (Lipinski definition) is 4. The van der Waals surface area contributed by atoms with Crippen LogP contribution in [0.3, 0.4) is 0 Å². The Morgan fingerprint density at radius 2 is 1.00 bits per heavy atom. The summed E-state index contributed by atoms with van der Waals surface area (Å²) in [4.78, 5) is 22.8. The standard InChI is InChI=1S/C18H14O4/c19-17(21-13-11-15-7-3-1-4-8-15)18(20)22-14-12-16-9-5-2-6-10-16/h1-14H/b13-11+,14-12+. The van der Waals surface area contributed by atoms with Crippen molar-refractivity contribution in [2.24, 2.45) is 0 Å². The summed E-state index contributed by atoms with van der Waals surface area (Å²) in [7, 11) is 0. The maximum atomic E-state index is 11.4. The molecule has 110 valence electrons. The minimum atomic E-state index is -1.08. The van der Waals surface area contributed by atoms with Gasteiger partial charge in [0.1, 0.15) is 0 Å². The van der Waals surface area contributed by atoms with E-state index >= 15 is 0 Å². The fourth-order valence-corrected chi connectivity index (χ4v) is 1.57. The molecule has 0 aliphatic rings. The van der Waals surface area contributed by atoms with Crippen LogP contribution in [0.2, 0.25) is 0 Å². The van der Waals surface area contributed by atoms with E-state index in [1.54, 1.807) is 12.2 Å². The number of benzene rings is 2. The van der Waals surface area contributed by atoms with E-state index in [0.29, 0.717) is 0 Å². The molecule has 0 bridgehead atoms. The van der Waals surface area contributed by atoms with Gasteiger partial charge in [0.25, 0.3) is 0 Å². The Morgan fingerprint density at radius 1 is 0.636 bits per heavy atom. The molecule has 2 rings (SSSR count). The normalized spacial score (nSPS) is 10.7. The molecule has 0 heterocycles. The summed E-state index contributed by atoms with van der Waals surface area (Å²) in [5.41, 5.74) is 1.71. The van der Waals surface area contributed by atoms with Gasteiger partial charge in [-0.3, -0.25) is 0 Å². The Bertz CT molecular complexity index is 611. The predicted molar refractivity (Wildman–Crippen MR) is 83.1 cm³/mol. The van der Waals surface area contributed by atoms with Crippen LogP contribution in [0.1, 0.15) is 11.1 Å². The van der Waals surface area contributed by atoms with Gasteiger partial charge < -0.3 is 9.47 Å². The second kappa shape index (κ2) is 8.21. The van der Waals surface area contributed by atoms with Gasteiger partial charge in [-0.25, -0.2) is 9.59 Å². The van der Waals surface area contributed by atoms with Crippen LogP contribution >= 0.6 is 0 Å². The average molecular weight is 294 g/mol. The molecule has 0 saturated heterocycles. The number of esters is 2. The van der Waals surface area contributed by atoms with Crippen molar-refractivity contribution in [1.82, 2.24) is 0 Å². The molecule has 0 unspecified atom stereocenters. The van der Waals surface area contributed by atoms with Crippen LogP contribution < -0.4 is 0 Å². The highest BCUT2D eigenvalue weighted by atomic mass is 16.6. The number of ether oxygens (including phenoxy) is 2. The summed E-state index contributed by atoms with van der Waals surface area (Å²) in [5, 5.41) is 0. The third-order valence-electron chi connectivity index (χ3n) is 2.64. The predicted octanol–water partition coefficient (Wildman–Crippen LogP) is 3.41. The molecule has 0 N–H and O–H groups in total. The van der Waals surface area contributed by atoms with E-state index in [-0.39, 0.29) is 0 Å². The third-order valence-corrected chi connectivity index (χ3v) is 2.64. The smallest absolute Gasteiger partial charge is 0.422 e. The molecule has 0 spiro atoms. The van der Waals surface area contributed by atoms with E-state index in [4.69, 9.17) is 0 Å². The molecule has 0 radical (unpaired) electrons. The van der Waals surface area contributed by atoms with Gasteiger partial charge in [-0.1, -0.05) is 60.7 Å². The maximum Gasteiger partial charge on any atom is 0.422 e. The van der Waals surface area contributed by atoms with Crippen LogP contribution in [-0.4, -0.2) is 11.9 Å². The zero-order chi connectivity index (χ0) is 15.6. The first-order chi connectivity index (χ1) is 10.8. The molecular weight excluding hydrogens is 280 g/mol. The molecule has 0 saturated carbocycles. The SMILES string of the molecule is O=C(O/C=C/c1ccccc1)C(=O)O/C=C/c1ccccc1. The Hall–Kier alpha value is -3.14. The van der Waals surface area contributed by atoms with E-state index in [9.17, 15) is 9.59 Å². The molecule has 0 aromatic heterocycles. The lowest BCUT2D eigenvalue weighted by Gasteiger charge is -1.97. The van der Waals surface area contributed by atoms with Crippen LogP contribution in [0.5, 0.6) is 0 Å². The lowest BCUT2D eigenvalue weighted by molar-refractivity contribution is -0.160. The summed E-state index contributed by atoms with van der Waals surface area (Å²) in [6.45, 7) is 0. The van der Waals surface area contributed by atoms with Gasteiger partial charge in [-0.05, 0) is 23.3 Å². The van der Waals surface area contributed by atoms with Crippen LogP contribution in [0.4, 0.5) is 0 Å². The van der Waals surface area contributed by atoms with Crippen molar-refractivity contribution in [3.8, 4) is 0 Å². The molecule has 0 atom stereocenters. The van der Waals surface area contributed by atoms with Crippen molar-refractivity contribution in [3.05, 3.63) is 84.3 Å². The fraction of sp³-hybridized carbons (Fsp3) is 0. The molecule has 0 amide bonds. The molecule has 4 nitrogen and oxygen atoms in total. The highest BCUT2D eigenvalue weighted by Crippen LogP contribution is 2.02. The van der Waals surface area contributed by atoms with Gasteiger partial charge in [-0.2, -0.15) is 0 Å². The summed E-state index contributed by atoms with van der Waals surface area (Å²) in [5.74, 6) is -2.16. The zero-order valence-corrected chi connectivity index (χ0v) is 11.7. The van der Waals surface area contributed by atoms with Crippen LogP contribution in [0, 0.1) is 0 Å². The molecule has 2 aromatic carbocycles. The second-order valence-corrected chi connectivity index (χ2v) is 4.24. The van der Waals surface area contributed by atoms with E-state index < -0.39 is 11.9 Å². The van der Waals surface area contributed by atoms with Crippen molar-refractivity contribution in [3.63, 3.8) is 0 Å². The average Bonchev–Trinajstić information content (AvgIpc) is 2.56. The summed E-state index contributed by atoms with van der Waals surface area (Å²) >= 11 is 0. The Morgan fingerprint density at radius 3 is 1.36 bits per heavy atom. The Kier molecular flexibility index (Phi) is 5.70. The Labute approximate surface area is 128 Å². The topological polar surface area (TPSA) is 52.6 Å². The first kappa shape index (κ1) is 15.3. The van der Waals surface area contributed by atoms with Gasteiger partial charge in [0.05, 0.1) is 12.5 Å². The largest absolute Gasteiger partial charge is 0.426 e. The van der Waals surface area contributed by atoms with Crippen molar-refractivity contribution in [1.29, 1.82) is 0 Å². The van der Waals surface area contributed by atoms with Gasteiger partial charge in [0.15, 0.2) is 0 Å². The van der Waals surface area contributed by atoms with Crippen molar-refractivity contribution in [2.75, 3.05) is 0 Å². The van der Waals surface area contributed by atoms with E-state index in [1.807, 2.05) is 60.7 Å². The fourth-order valence-electron chi connectivity index (χ4n) is 1.57. The van der Waals surface area contributed by atoms with Crippen molar-refractivity contribution >= 4 is 24.1 Å². The van der Waals surface area contributed by atoms with Gasteiger partial charge in [-0.15, -0.1) is 0 Å². The first-order valence-corrected chi connectivity index (χ1v) is 6.60. The van der Waals surface area contributed by atoms with Gasteiger partial charge in [0.2, 0.25) is 0 Å². The monoisotopic (exact) mass is 294 g/mol. The summed E-state index contributed by atoms with van der Waals surface area (Å²) in [6, 6.07) is 18.5. The summed E-state index contributed by atoms with van der Waals surface area (Å²) in [6.07, 6.45) is 5.45. The van der Waals surface area contributed by atoms with Crippen molar-refractivity contribution in [2.45, 2.75) is 0 Å².